The lowest BCUT2D eigenvalue weighted by atomic mass is 9.69. The van der Waals surface area contributed by atoms with E-state index >= 15 is 0 Å². The number of hydrogen-bond acceptors (Lipinski definition) is 3. The lowest BCUT2D eigenvalue weighted by Crippen LogP contribution is -2.38. The van der Waals surface area contributed by atoms with E-state index in [-0.39, 0.29) is 25.2 Å². The van der Waals surface area contributed by atoms with Gasteiger partial charge in [-0.15, -0.1) is 0 Å². The fourth-order valence-electron chi connectivity index (χ4n) is 4.92. The van der Waals surface area contributed by atoms with Gasteiger partial charge in [0, 0.05) is 18.8 Å². The molecule has 1 amide bonds. The molecule has 0 bridgehead atoms. The first-order valence-electron chi connectivity index (χ1n) is 11.2. The van der Waals surface area contributed by atoms with Crippen molar-refractivity contribution in [3.05, 3.63) is 29.3 Å². The maximum absolute atomic E-state index is 12.5. The molecular formula is C23H37N2O4P. The molecule has 0 aromatic heterocycles. The Morgan fingerprint density at radius 1 is 1.20 bits per heavy atom. The zero-order chi connectivity index (χ0) is 21.9. The Kier molecular flexibility index (Phi) is 7.44. The molecular weight excluding hydrogens is 399 g/mol. The maximum atomic E-state index is 12.5. The summed E-state index contributed by atoms with van der Waals surface area (Å²) in [6, 6.07) is 6.52. The highest BCUT2D eigenvalue weighted by molar-refractivity contribution is 7.51. The van der Waals surface area contributed by atoms with Gasteiger partial charge in [-0.05, 0) is 73.0 Å². The Hall–Kier alpha value is -1.20. The number of nitrogens with one attached hydrogen (secondary N) is 1. The monoisotopic (exact) mass is 436 g/mol. The van der Waals surface area contributed by atoms with Crippen molar-refractivity contribution in [1.29, 1.82) is 0 Å². The van der Waals surface area contributed by atoms with Crippen molar-refractivity contribution in [2.75, 3.05) is 30.7 Å². The average molecular weight is 437 g/mol. The molecule has 0 atom stereocenters. The minimum Gasteiger partial charge on any atom is -0.324 e. The molecule has 0 unspecified atom stereocenters. The number of fused-ring (bicyclic) bond motifs is 1. The van der Waals surface area contributed by atoms with Crippen LogP contribution in [-0.4, -0.2) is 41.5 Å². The van der Waals surface area contributed by atoms with Gasteiger partial charge in [0.1, 0.15) is 0 Å². The van der Waals surface area contributed by atoms with Crippen LogP contribution in [0.4, 0.5) is 5.69 Å². The first-order chi connectivity index (χ1) is 14.0. The van der Waals surface area contributed by atoms with Gasteiger partial charge in [-0.25, -0.2) is 0 Å². The Labute approximate surface area is 180 Å². The average Bonchev–Trinajstić information content (AvgIpc) is 3.07. The zero-order valence-electron chi connectivity index (χ0n) is 18.6. The summed E-state index contributed by atoms with van der Waals surface area (Å²) in [6.45, 7) is 7.98. The molecule has 1 aliphatic carbocycles. The van der Waals surface area contributed by atoms with E-state index in [2.05, 4.69) is 44.3 Å². The Morgan fingerprint density at radius 2 is 1.90 bits per heavy atom. The highest BCUT2D eigenvalue weighted by atomic mass is 31.2. The van der Waals surface area contributed by atoms with Gasteiger partial charge in [0.2, 0.25) is 5.91 Å². The number of rotatable bonds is 7. The van der Waals surface area contributed by atoms with Gasteiger partial charge in [-0.1, -0.05) is 32.9 Å². The predicted molar refractivity (Wildman–Crippen MR) is 121 cm³/mol. The van der Waals surface area contributed by atoms with Gasteiger partial charge < -0.3 is 20.0 Å². The smallest absolute Gasteiger partial charge is 0.324 e. The summed E-state index contributed by atoms with van der Waals surface area (Å²) in [5.74, 6) is 1.55. The molecule has 1 aliphatic heterocycles. The number of amides is 1. The second kappa shape index (κ2) is 9.52. The molecule has 3 N–H and O–H groups in total. The molecule has 0 spiro atoms. The van der Waals surface area contributed by atoms with Gasteiger partial charge in [0.15, 0.2) is 0 Å². The van der Waals surface area contributed by atoms with Crippen LogP contribution in [0, 0.1) is 17.3 Å². The lowest BCUT2D eigenvalue weighted by Gasteiger charge is -2.37. The SMILES string of the molecule is CC(C)(C)[C@H]1CC[C@H](Cc2ccc3c(c2)CCN3C(=O)CNCCP(=O)(O)O)CC1. The third kappa shape index (κ3) is 6.40. The van der Waals surface area contributed by atoms with Crippen LogP contribution in [0.15, 0.2) is 18.2 Å². The summed E-state index contributed by atoms with van der Waals surface area (Å²) >= 11 is 0. The van der Waals surface area contributed by atoms with Crippen LogP contribution >= 0.6 is 7.60 Å². The van der Waals surface area contributed by atoms with E-state index in [0.29, 0.717) is 12.0 Å². The van der Waals surface area contributed by atoms with Crippen molar-refractivity contribution in [3.8, 4) is 0 Å². The lowest BCUT2D eigenvalue weighted by molar-refractivity contribution is -0.117. The first-order valence-corrected chi connectivity index (χ1v) is 13.0. The summed E-state index contributed by atoms with van der Waals surface area (Å²) < 4.78 is 10.9. The zero-order valence-corrected chi connectivity index (χ0v) is 19.5. The fourth-order valence-corrected chi connectivity index (χ4v) is 5.37. The molecule has 2 aliphatic rings. The van der Waals surface area contributed by atoms with Crippen LogP contribution < -0.4 is 10.2 Å². The first kappa shape index (κ1) is 23.5. The molecule has 3 rings (SSSR count). The highest BCUT2D eigenvalue weighted by Crippen LogP contribution is 2.41. The third-order valence-electron chi connectivity index (χ3n) is 6.79. The quantitative estimate of drug-likeness (QED) is 0.448. The van der Waals surface area contributed by atoms with E-state index in [1.165, 1.54) is 36.8 Å². The van der Waals surface area contributed by atoms with E-state index in [9.17, 15) is 9.36 Å². The standard InChI is InChI=1S/C23H37N2O4P/c1-23(2,3)20-7-4-17(5-8-20)14-18-6-9-21-19(15-18)10-12-25(21)22(26)16-24-11-13-30(27,28)29/h6,9,15,17,20,24H,4-5,7-8,10-14,16H2,1-3H3,(H2,27,28,29)/t17-,20-. The second-order valence-corrected chi connectivity index (χ2v) is 11.9. The molecule has 30 heavy (non-hydrogen) atoms. The number of benzene rings is 1. The van der Waals surface area contributed by atoms with Crippen molar-refractivity contribution in [2.45, 2.75) is 59.3 Å². The van der Waals surface area contributed by atoms with Crippen LogP contribution in [0.5, 0.6) is 0 Å². The van der Waals surface area contributed by atoms with Gasteiger partial charge in [0.05, 0.1) is 12.7 Å². The molecule has 1 aromatic rings. The van der Waals surface area contributed by atoms with Gasteiger partial charge in [-0.3, -0.25) is 9.36 Å². The Bertz CT molecular complexity index is 791. The summed E-state index contributed by atoms with van der Waals surface area (Å²) in [6.07, 6.45) is 7.02. The molecule has 1 heterocycles. The predicted octanol–water partition coefficient (Wildman–Crippen LogP) is 3.74. The van der Waals surface area contributed by atoms with Crippen molar-refractivity contribution >= 4 is 19.2 Å². The minimum absolute atomic E-state index is 0.0484. The van der Waals surface area contributed by atoms with Crippen LogP contribution in [0.25, 0.3) is 0 Å². The number of anilines is 1. The van der Waals surface area contributed by atoms with Crippen LogP contribution in [0.1, 0.15) is 57.6 Å². The number of carbonyl (C=O) groups excluding carboxylic acids is 1. The van der Waals surface area contributed by atoms with Crippen LogP contribution in [0.3, 0.4) is 0 Å². The Morgan fingerprint density at radius 3 is 2.53 bits per heavy atom. The van der Waals surface area contributed by atoms with E-state index in [4.69, 9.17) is 9.79 Å². The molecule has 7 heteroatoms. The van der Waals surface area contributed by atoms with Crippen molar-refractivity contribution in [2.24, 2.45) is 17.3 Å². The van der Waals surface area contributed by atoms with E-state index in [1.807, 2.05) is 0 Å². The minimum atomic E-state index is -4.02. The summed E-state index contributed by atoms with van der Waals surface area (Å²) in [7, 11) is -4.02. The molecule has 168 valence electrons. The fraction of sp³-hybridized carbons (Fsp3) is 0.696. The van der Waals surface area contributed by atoms with Crippen LogP contribution in [-0.2, 0) is 22.2 Å². The van der Waals surface area contributed by atoms with Gasteiger partial charge in [0.25, 0.3) is 0 Å². The molecule has 1 fully saturated rings. The summed E-state index contributed by atoms with van der Waals surface area (Å²) in [5, 5.41) is 2.85. The third-order valence-corrected chi connectivity index (χ3v) is 7.60. The van der Waals surface area contributed by atoms with E-state index in [1.54, 1.807) is 4.90 Å². The normalized spacial score (nSPS) is 22.2. The summed E-state index contributed by atoms with van der Waals surface area (Å²) in [5.41, 5.74) is 4.01. The molecule has 6 nitrogen and oxygen atoms in total. The second-order valence-electron chi connectivity index (χ2n) is 10.1. The number of carbonyl (C=O) groups is 1. The number of hydrogen-bond donors (Lipinski definition) is 3. The molecule has 1 aromatic carbocycles. The summed E-state index contributed by atoms with van der Waals surface area (Å²) in [4.78, 5) is 32.1. The largest absolute Gasteiger partial charge is 0.326 e. The molecule has 1 saturated carbocycles. The Balaban J connectivity index is 1.51. The van der Waals surface area contributed by atoms with Crippen molar-refractivity contribution in [1.82, 2.24) is 5.32 Å². The molecule has 0 radical (unpaired) electrons. The van der Waals surface area contributed by atoms with Crippen molar-refractivity contribution < 1.29 is 19.1 Å². The topological polar surface area (TPSA) is 89.9 Å². The number of nitrogens with zero attached hydrogens (tertiary/aromatic N) is 1. The van der Waals surface area contributed by atoms with Gasteiger partial charge >= 0.3 is 7.60 Å². The van der Waals surface area contributed by atoms with Crippen LogP contribution in [0.2, 0.25) is 0 Å². The maximum Gasteiger partial charge on any atom is 0.326 e. The van der Waals surface area contributed by atoms with Crippen molar-refractivity contribution in [3.63, 3.8) is 0 Å². The van der Waals surface area contributed by atoms with E-state index < -0.39 is 7.60 Å². The van der Waals surface area contributed by atoms with E-state index in [0.717, 1.165) is 30.4 Å². The molecule has 0 saturated heterocycles. The highest BCUT2D eigenvalue weighted by Gasteiger charge is 2.30. The van der Waals surface area contributed by atoms with Gasteiger partial charge in [-0.2, -0.15) is 0 Å².